The van der Waals surface area contributed by atoms with Crippen molar-refractivity contribution in [2.75, 3.05) is 5.32 Å². The van der Waals surface area contributed by atoms with Crippen LogP contribution in [0.3, 0.4) is 0 Å². The van der Waals surface area contributed by atoms with Crippen molar-refractivity contribution in [3.8, 4) is 11.3 Å². The third-order valence-electron chi connectivity index (χ3n) is 5.32. The predicted octanol–water partition coefficient (Wildman–Crippen LogP) is 2.39. The lowest BCUT2D eigenvalue weighted by Gasteiger charge is -2.29. The van der Waals surface area contributed by atoms with Crippen LogP contribution in [0.2, 0.25) is 0 Å². The number of carbonyl (C=O) groups excluding carboxylic acids is 1. The molecule has 3 heterocycles. The molecular weight excluding hydrogens is 368 g/mol. The standard InChI is InChI=1S/C21H24N6O2/c1-21(2)5-3-14-16(10-21)26-27-19(14)13-8-15(20(22)29)25-17(9-13)24-11-12-4-6-23-18(28)7-12/h4,6-9H,3,5,10-11H2,1-2H3,(H2,22,29)(H,23,28)(H,24,25)(H,26,27). The van der Waals surface area contributed by atoms with E-state index in [-0.39, 0.29) is 16.7 Å². The molecule has 0 bridgehead atoms. The Labute approximate surface area is 168 Å². The molecular formula is C21H24N6O2. The summed E-state index contributed by atoms with van der Waals surface area (Å²) in [6.45, 7) is 4.90. The maximum Gasteiger partial charge on any atom is 0.267 e. The van der Waals surface area contributed by atoms with E-state index in [0.717, 1.165) is 41.8 Å². The highest BCUT2D eigenvalue weighted by Crippen LogP contribution is 2.38. The summed E-state index contributed by atoms with van der Waals surface area (Å²) in [5.74, 6) is -0.0962. The number of nitrogens with zero attached hydrogens (tertiary/aromatic N) is 2. The van der Waals surface area contributed by atoms with Crippen molar-refractivity contribution >= 4 is 11.7 Å². The van der Waals surface area contributed by atoms with E-state index in [9.17, 15) is 9.59 Å². The molecule has 0 atom stereocenters. The number of hydrogen-bond acceptors (Lipinski definition) is 5. The molecule has 0 spiro atoms. The van der Waals surface area contributed by atoms with Gasteiger partial charge in [0.05, 0.1) is 5.69 Å². The Morgan fingerprint density at radius 1 is 1.31 bits per heavy atom. The Morgan fingerprint density at radius 3 is 2.90 bits per heavy atom. The van der Waals surface area contributed by atoms with Gasteiger partial charge >= 0.3 is 0 Å². The third-order valence-corrected chi connectivity index (χ3v) is 5.32. The average molecular weight is 392 g/mol. The molecule has 4 rings (SSSR count). The van der Waals surface area contributed by atoms with Gasteiger partial charge in [-0.15, -0.1) is 0 Å². The first kappa shape index (κ1) is 18.9. The summed E-state index contributed by atoms with van der Waals surface area (Å²) in [4.78, 5) is 30.2. The molecule has 0 radical (unpaired) electrons. The Kier molecular flexibility index (Phi) is 4.70. The number of anilines is 1. The SMILES string of the molecule is CC1(C)CCc2c(-c3cc(NCc4cc[nH]c(=O)c4)nc(C(N)=O)c3)n[nH]c2C1. The second kappa shape index (κ2) is 7.20. The minimum absolute atomic E-state index is 0.170. The molecule has 0 unspecified atom stereocenters. The van der Waals surface area contributed by atoms with Gasteiger partial charge in [-0.3, -0.25) is 14.7 Å². The molecule has 150 valence electrons. The fourth-order valence-electron chi connectivity index (χ4n) is 3.76. The number of pyridine rings is 2. The van der Waals surface area contributed by atoms with Crippen molar-refractivity contribution in [3.05, 3.63) is 63.3 Å². The minimum atomic E-state index is -0.600. The van der Waals surface area contributed by atoms with Gasteiger partial charge in [-0.1, -0.05) is 13.8 Å². The smallest absolute Gasteiger partial charge is 0.267 e. The zero-order chi connectivity index (χ0) is 20.6. The number of fused-ring (bicyclic) bond motifs is 1. The van der Waals surface area contributed by atoms with Gasteiger partial charge in [0.2, 0.25) is 5.56 Å². The van der Waals surface area contributed by atoms with Crippen LogP contribution in [-0.4, -0.2) is 26.1 Å². The van der Waals surface area contributed by atoms with Gasteiger partial charge in [-0.05, 0) is 48.4 Å². The molecule has 5 N–H and O–H groups in total. The summed E-state index contributed by atoms with van der Waals surface area (Å²) in [5, 5.41) is 10.9. The Morgan fingerprint density at radius 2 is 2.14 bits per heavy atom. The van der Waals surface area contributed by atoms with E-state index >= 15 is 0 Å². The van der Waals surface area contributed by atoms with E-state index in [4.69, 9.17) is 5.73 Å². The fraction of sp³-hybridized carbons (Fsp3) is 0.333. The van der Waals surface area contributed by atoms with Gasteiger partial charge in [0.15, 0.2) is 0 Å². The van der Waals surface area contributed by atoms with E-state index in [1.807, 2.05) is 6.07 Å². The van der Waals surface area contributed by atoms with Crippen LogP contribution >= 0.6 is 0 Å². The third kappa shape index (κ3) is 4.06. The lowest BCUT2D eigenvalue weighted by Crippen LogP contribution is -2.22. The molecule has 0 fully saturated rings. The molecule has 29 heavy (non-hydrogen) atoms. The number of hydrogen-bond donors (Lipinski definition) is 4. The summed E-state index contributed by atoms with van der Waals surface area (Å²) in [7, 11) is 0. The molecule has 3 aromatic heterocycles. The van der Waals surface area contributed by atoms with Crippen molar-refractivity contribution in [1.29, 1.82) is 0 Å². The maximum absolute atomic E-state index is 11.8. The number of aromatic nitrogens is 4. The Balaban J connectivity index is 1.67. The average Bonchev–Trinajstić information content (AvgIpc) is 3.08. The van der Waals surface area contributed by atoms with Crippen LogP contribution in [0, 0.1) is 5.41 Å². The second-order valence-corrected chi connectivity index (χ2v) is 8.28. The van der Waals surface area contributed by atoms with E-state index in [2.05, 4.69) is 39.3 Å². The number of primary amides is 1. The Bertz CT molecular complexity index is 1130. The van der Waals surface area contributed by atoms with Crippen molar-refractivity contribution in [3.63, 3.8) is 0 Å². The van der Waals surface area contributed by atoms with E-state index in [1.165, 1.54) is 11.6 Å². The number of rotatable bonds is 5. The number of nitrogens with two attached hydrogens (primary N) is 1. The van der Waals surface area contributed by atoms with Crippen LogP contribution in [-0.2, 0) is 19.4 Å². The van der Waals surface area contributed by atoms with Crippen molar-refractivity contribution in [2.24, 2.45) is 11.1 Å². The van der Waals surface area contributed by atoms with Crippen molar-refractivity contribution in [2.45, 2.75) is 39.7 Å². The van der Waals surface area contributed by atoms with Gasteiger partial charge in [-0.2, -0.15) is 5.10 Å². The van der Waals surface area contributed by atoms with E-state index < -0.39 is 5.91 Å². The molecule has 0 aromatic carbocycles. The largest absolute Gasteiger partial charge is 0.366 e. The Hall–Kier alpha value is -3.42. The summed E-state index contributed by atoms with van der Waals surface area (Å²) >= 11 is 0. The van der Waals surface area contributed by atoms with Crippen LogP contribution in [0.5, 0.6) is 0 Å². The van der Waals surface area contributed by atoms with Gasteiger partial charge < -0.3 is 16.0 Å². The molecule has 8 heteroatoms. The summed E-state index contributed by atoms with van der Waals surface area (Å²) in [6.07, 6.45) is 4.54. The molecule has 3 aromatic rings. The van der Waals surface area contributed by atoms with Crippen LogP contribution in [0.15, 0.2) is 35.3 Å². The number of amides is 1. The van der Waals surface area contributed by atoms with E-state index in [0.29, 0.717) is 12.4 Å². The number of aromatic amines is 2. The van der Waals surface area contributed by atoms with Crippen molar-refractivity contribution < 1.29 is 4.79 Å². The molecule has 0 aliphatic heterocycles. The highest BCUT2D eigenvalue weighted by atomic mass is 16.1. The number of carbonyl (C=O) groups is 1. The molecule has 1 amide bonds. The highest BCUT2D eigenvalue weighted by Gasteiger charge is 2.29. The van der Waals surface area contributed by atoms with Gasteiger partial charge in [0, 0.05) is 35.6 Å². The predicted molar refractivity (Wildman–Crippen MR) is 111 cm³/mol. The molecule has 1 aliphatic carbocycles. The highest BCUT2D eigenvalue weighted by molar-refractivity contribution is 5.92. The second-order valence-electron chi connectivity index (χ2n) is 8.28. The summed E-state index contributed by atoms with van der Waals surface area (Å²) in [6, 6.07) is 6.85. The van der Waals surface area contributed by atoms with Gasteiger partial charge in [0.1, 0.15) is 11.5 Å². The number of nitrogens with one attached hydrogen (secondary N) is 3. The molecule has 1 aliphatic rings. The summed E-state index contributed by atoms with van der Waals surface area (Å²) < 4.78 is 0. The van der Waals surface area contributed by atoms with E-state index in [1.54, 1.807) is 18.3 Å². The maximum atomic E-state index is 11.8. The molecule has 8 nitrogen and oxygen atoms in total. The van der Waals surface area contributed by atoms with Crippen LogP contribution in [0.1, 0.15) is 47.6 Å². The van der Waals surface area contributed by atoms with Crippen LogP contribution in [0.25, 0.3) is 11.3 Å². The molecule has 0 saturated carbocycles. The fourth-order valence-corrected chi connectivity index (χ4v) is 3.76. The first-order valence-electron chi connectivity index (χ1n) is 9.61. The summed E-state index contributed by atoms with van der Waals surface area (Å²) in [5.41, 5.74) is 10.5. The minimum Gasteiger partial charge on any atom is -0.366 e. The van der Waals surface area contributed by atoms with Crippen molar-refractivity contribution in [1.82, 2.24) is 20.2 Å². The first-order chi connectivity index (χ1) is 13.8. The number of H-pyrrole nitrogens is 2. The van der Waals surface area contributed by atoms with Gasteiger partial charge in [-0.25, -0.2) is 4.98 Å². The van der Waals surface area contributed by atoms with Crippen LogP contribution in [0.4, 0.5) is 5.82 Å². The monoisotopic (exact) mass is 392 g/mol. The van der Waals surface area contributed by atoms with Crippen LogP contribution < -0.4 is 16.6 Å². The lowest BCUT2D eigenvalue weighted by molar-refractivity contribution is 0.0995. The zero-order valence-electron chi connectivity index (χ0n) is 16.5. The lowest BCUT2D eigenvalue weighted by atomic mass is 9.76. The quantitative estimate of drug-likeness (QED) is 0.530. The molecule has 0 saturated heterocycles. The topological polar surface area (TPSA) is 130 Å². The zero-order valence-corrected chi connectivity index (χ0v) is 16.5. The normalized spacial score (nSPS) is 15.0. The van der Waals surface area contributed by atoms with Gasteiger partial charge in [0.25, 0.3) is 5.91 Å². The first-order valence-corrected chi connectivity index (χ1v) is 9.61.